The van der Waals surface area contributed by atoms with E-state index in [4.69, 9.17) is 46.4 Å². The van der Waals surface area contributed by atoms with Gasteiger partial charge in [-0.3, -0.25) is 9.59 Å². The summed E-state index contributed by atoms with van der Waals surface area (Å²) in [5.41, 5.74) is 0. The molecule has 0 aliphatic carbocycles. The average molecular weight is 644 g/mol. The molecule has 2 aromatic carbocycles. The average Bonchev–Trinajstić information content (AvgIpc) is 3.19. The fourth-order valence-corrected chi connectivity index (χ4v) is 9.15. The molecular formula is C24H26Cl4N2O6S2. The first-order chi connectivity index (χ1) is 17.8. The third-order valence-electron chi connectivity index (χ3n) is 6.14. The molecule has 0 bridgehead atoms. The van der Waals surface area contributed by atoms with Crippen LogP contribution in [-0.2, 0) is 29.3 Å². The van der Waals surface area contributed by atoms with Crippen molar-refractivity contribution in [2.75, 3.05) is 13.1 Å². The first-order valence-corrected chi connectivity index (χ1v) is 16.4. The largest absolute Gasteiger partial charge is 0.356 e. The Balaban J connectivity index is 0.000000211. The first-order valence-electron chi connectivity index (χ1n) is 11.8. The molecule has 2 amide bonds. The van der Waals surface area contributed by atoms with Crippen molar-refractivity contribution in [2.45, 2.75) is 58.8 Å². The Kier molecular flexibility index (Phi) is 10.8. The zero-order valence-corrected chi connectivity index (χ0v) is 24.7. The van der Waals surface area contributed by atoms with Gasteiger partial charge in [0, 0.05) is 29.6 Å². The van der Waals surface area contributed by atoms with Crippen molar-refractivity contribution in [2.24, 2.45) is 0 Å². The van der Waals surface area contributed by atoms with Gasteiger partial charge in [0.15, 0.2) is 19.7 Å². The topological polar surface area (TPSA) is 126 Å². The van der Waals surface area contributed by atoms with E-state index in [0.29, 0.717) is 48.8 Å². The van der Waals surface area contributed by atoms with Crippen LogP contribution >= 0.6 is 46.4 Å². The molecule has 4 rings (SSSR count). The van der Waals surface area contributed by atoms with E-state index in [1.807, 2.05) is 0 Å². The molecular weight excluding hydrogens is 618 g/mol. The first kappa shape index (κ1) is 31.0. The molecule has 2 aliphatic heterocycles. The smallest absolute Gasteiger partial charge is 0.238 e. The van der Waals surface area contributed by atoms with Crippen molar-refractivity contribution >= 4 is 77.9 Å². The number of benzene rings is 2. The molecule has 0 saturated carbocycles. The Morgan fingerprint density at radius 1 is 0.684 bits per heavy atom. The van der Waals surface area contributed by atoms with Gasteiger partial charge in [-0.05, 0) is 68.5 Å². The highest BCUT2D eigenvalue weighted by molar-refractivity contribution is 7.93. The molecule has 14 heteroatoms. The van der Waals surface area contributed by atoms with E-state index in [1.165, 1.54) is 36.4 Å². The molecule has 2 atom stereocenters. The second-order valence-electron chi connectivity index (χ2n) is 8.83. The number of hydrogen-bond donors (Lipinski definition) is 2. The molecule has 2 saturated heterocycles. The van der Waals surface area contributed by atoms with Gasteiger partial charge in [-0.15, -0.1) is 0 Å². The van der Waals surface area contributed by atoms with Gasteiger partial charge in [-0.2, -0.15) is 0 Å². The number of carbonyl (C=O) groups excluding carboxylic acids is 2. The molecule has 8 nitrogen and oxygen atoms in total. The number of sulfone groups is 2. The summed E-state index contributed by atoms with van der Waals surface area (Å²) >= 11 is 23.4. The van der Waals surface area contributed by atoms with E-state index >= 15 is 0 Å². The van der Waals surface area contributed by atoms with Crippen LogP contribution < -0.4 is 10.6 Å². The molecule has 2 aromatic rings. The van der Waals surface area contributed by atoms with Crippen molar-refractivity contribution in [1.82, 2.24) is 10.6 Å². The van der Waals surface area contributed by atoms with Crippen LogP contribution in [0.3, 0.4) is 0 Å². The highest BCUT2D eigenvalue weighted by atomic mass is 35.5. The summed E-state index contributed by atoms with van der Waals surface area (Å²) in [7, 11) is -7.40. The number of carbonyl (C=O) groups is 2. The van der Waals surface area contributed by atoms with Gasteiger partial charge in [0.25, 0.3) is 0 Å². The lowest BCUT2D eigenvalue weighted by molar-refractivity contribution is -0.121. The maximum atomic E-state index is 12.5. The van der Waals surface area contributed by atoms with Crippen LogP contribution in [-0.4, -0.2) is 52.2 Å². The second-order valence-corrected chi connectivity index (χ2v) is 14.8. The van der Waals surface area contributed by atoms with E-state index in [9.17, 15) is 26.4 Å². The van der Waals surface area contributed by atoms with Gasteiger partial charge in [-0.25, -0.2) is 16.8 Å². The Morgan fingerprint density at radius 3 is 1.82 bits per heavy atom. The van der Waals surface area contributed by atoms with Crippen molar-refractivity contribution in [3.8, 4) is 0 Å². The van der Waals surface area contributed by atoms with E-state index in [1.54, 1.807) is 0 Å². The molecule has 0 radical (unpaired) electrons. The van der Waals surface area contributed by atoms with Crippen LogP contribution in [0.15, 0.2) is 46.2 Å². The number of hydrogen-bond acceptors (Lipinski definition) is 6. The maximum Gasteiger partial charge on any atom is 0.238 e. The fourth-order valence-electron chi connectivity index (χ4n) is 4.16. The Bertz CT molecular complexity index is 1420. The van der Waals surface area contributed by atoms with E-state index in [2.05, 4.69) is 10.6 Å². The molecule has 38 heavy (non-hydrogen) atoms. The number of halogens is 4. The van der Waals surface area contributed by atoms with Crippen molar-refractivity contribution in [1.29, 1.82) is 0 Å². The Labute approximate surface area is 242 Å². The molecule has 2 aliphatic rings. The lowest BCUT2D eigenvalue weighted by Gasteiger charge is -2.15. The summed E-state index contributed by atoms with van der Waals surface area (Å²) in [5, 5.41) is 4.35. The quantitative estimate of drug-likeness (QED) is 0.489. The van der Waals surface area contributed by atoms with Gasteiger partial charge < -0.3 is 10.6 Å². The molecule has 2 fully saturated rings. The SMILES string of the molecule is O=C1CC(S(=O)(=O)c2ccc(Cl)cc2Cl)CCCN1.O=C1NCCCCC1S(=O)(=O)c1ccc(Cl)cc1Cl. The van der Waals surface area contributed by atoms with E-state index in [-0.39, 0.29) is 32.2 Å². The van der Waals surface area contributed by atoms with Crippen molar-refractivity contribution in [3.63, 3.8) is 0 Å². The zero-order valence-electron chi connectivity index (χ0n) is 20.1. The molecule has 208 valence electrons. The molecule has 2 unspecified atom stereocenters. The van der Waals surface area contributed by atoms with Crippen LogP contribution in [0.4, 0.5) is 0 Å². The lowest BCUT2D eigenvalue weighted by Crippen LogP contribution is -2.38. The summed E-state index contributed by atoms with van der Waals surface area (Å²) in [6.07, 6.45) is 2.84. The van der Waals surface area contributed by atoms with E-state index in [0.717, 1.165) is 6.42 Å². The van der Waals surface area contributed by atoms with Gasteiger partial charge in [0.05, 0.1) is 25.1 Å². The summed E-state index contributed by atoms with van der Waals surface area (Å²) < 4.78 is 50.0. The summed E-state index contributed by atoms with van der Waals surface area (Å²) in [5.74, 6) is -0.695. The van der Waals surface area contributed by atoms with E-state index < -0.39 is 36.1 Å². The van der Waals surface area contributed by atoms with Gasteiger partial charge >= 0.3 is 0 Å². The molecule has 0 spiro atoms. The zero-order chi connectivity index (χ0) is 28.1. The fraction of sp³-hybridized carbons (Fsp3) is 0.417. The Morgan fingerprint density at radius 2 is 1.24 bits per heavy atom. The van der Waals surface area contributed by atoms with Gasteiger partial charge in [-0.1, -0.05) is 46.4 Å². The minimum atomic E-state index is -3.78. The monoisotopic (exact) mass is 642 g/mol. The minimum absolute atomic E-state index is 0.0265. The predicted molar refractivity (Wildman–Crippen MR) is 149 cm³/mol. The second kappa shape index (κ2) is 13.2. The number of nitrogens with one attached hydrogen (secondary N) is 2. The number of amides is 2. The highest BCUT2D eigenvalue weighted by Gasteiger charge is 2.36. The lowest BCUT2D eigenvalue weighted by atomic mass is 10.2. The van der Waals surface area contributed by atoms with Gasteiger partial charge in [0.2, 0.25) is 11.8 Å². The van der Waals surface area contributed by atoms with Crippen LogP contribution in [0, 0.1) is 0 Å². The minimum Gasteiger partial charge on any atom is -0.356 e. The summed E-state index contributed by atoms with van der Waals surface area (Å²) in [6, 6.07) is 8.43. The molecule has 0 aromatic heterocycles. The highest BCUT2D eigenvalue weighted by Crippen LogP contribution is 2.31. The summed E-state index contributed by atoms with van der Waals surface area (Å²) in [6.45, 7) is 1.03. The third kappa shape index (κ3) is 7.55. The Hall–Kier alpha value is -1.56. The normalized spacial score (nSPS) is 20.7. The van der Waals surface area contributed by atoms with Crippen LogP contribution in [0.1, 0.15) is 38.5 Å². The third-order valence-corrected chi connectivity index (χ3v) is 11.9. The molecule has 2 heterocycles. The standard InChI is InChI=1S/2C12H13Cl2NO3S/c13-8-3-4-11(10(14)6-8)19(17,18)9-2-1-5-15-12(16)7-9;13-8-4-5-10(9(14)7-8)19(17,18)11-3-1-2-6-15-12(11)16/h3-4,6,9H,1-2,5,7H2,(H,15,16);4-5,7,11H,1-3,6H2,(H,15,16). The van der Waals surface area contributed by atoms with Crippen molar-refractivity contribution < 1.29 is 26.4 Å². The van der Waals surface area contributed by atoms with Crippen molar-refractivity contribution in [3.05, 3.63) is 56.5 Å². The van der Waals surface area contributed by atoms with Crippen LogP contribution in [0.5, 0.6) is 0 Å². The number of rotatable bonds is 4. The van der Waals surface area contributed by atoms with Gasteiger partial charge in [0.1, 0.15) is 5.25 Å². The van der Waals surface area contributed by atoms with Crippen LogP contribution in [0.2, 0.25) is 20.1 Å². The van der Waals surface area contributed by atoms with Crippen LogP contribution in [0.25, 0.3) is 0 Å². The predicted octanol–water partition coefficient (Wildman–Crippen LogP) is 4.87. The maximum absolute atomic E-state index is 12.5. The molecule has 2 N–H and O–H groups in total. The summed E-state index contributed by atoms with van der Waals surface area (Å²) in [4.78, 5) is 23.3.